The number of rotatable bonds is 6. The number of amides is 1. The first kappa shape index (κ1) is 22.0. The third kappa shape index (κ3) is 4.24. The van der Waals surface area contributed by atoms with Crippen LogP contribution in [0.25, 0.3) is 0 Å². The number of sulfone groups is 1. The summed E-state index contributed by atoms with van der Waals surface area (Å²) in [6.45, 7) is 1.84. The number of anilines is 1. The van der Waals surface area contributed by atoms with Gasteiger partial charge >= 0.3 is 0 Å². The fourth-order valence-electron chi connectivity index (χ4n) is 3.25. The molecule has 1 aliphatic heterocycles. The molecule has 1 atom stereocenters. The Morgan fingerprint density at radius 1 is 1.07 bits per heavy atom. The Bertz CT molecular complexity index is 1090. The van der Waals surface area contributed by atoms with Gasteiger partial charge in [-0.15, -0.1) is 0 Å². The zero-order valence-corrected chi connectivity index (χ0v) is 18.6. The molecule has 0 aromatic heterocycles. The molecule has 1 amide bonds. The summed E-state index contributed by atoms with van der Waals surface area (Å²) in [5, 5.41) is 1.60. The molecule has 0 unspecified atom stereocenters. The van der Waals surface area contributed by atoms with Crippen LogP contribution in [-0.4, -0.2) is 47.4 Å². The largest absolute Gasteiger partial charge is 0.493 e. The molecule has 0 radical (unpaired) electrons. The van der Waals surface area contributed by atoms with E-state index in [9.17, 15) is 13.2 Å². The lowest BCUT2D eigenvalue weighted by Gasteiger charge is -2.28. The molecular formula is C21H22ClNO6S. The summed E-state index contributed by atoms with van der Waals surface area (Å²) in [7, 11) is 0.981. The number of hydrogen-bond acceptors (Lipinski definition) is 6. The van der Waals surface area contributed by atoms with Crippen LogP contribution in [0.15, 0.2) is 41.8 Å². The number of carbonyl (C=O) groups excluding carboxylic acids is 1. The lowest BCUT2D eigenvalue weighted by Crippen LogP contribution is -2.41. The summed E-state index contributed by atoms with van der Waals surface area (Å²) in [4.78, 5) is 15.0. The highest BCUT2D eigenvalue weighted by atomic mass is 35.5. The normalized spacial score (nSPS) is 16.9. The summed E-state index contributed by atoms with van der Waals surface area (Å²) in [6.07, 6.45) is 1.50. The topological polar surface area (TPSA) is 82.1 Å². The Kier molecular flexibility index (Phi) is 6.28. The van der Waals surface area contributed by atoms with Gasteiger partial charge in [-0.3, -0.25) is 4.79 Å². The quantitative estimate of drug-likeness (QED) is 0.667. The lowest BCUT2D eigenvalue weighted by atomic mass is 10.1. The van der Waals surface area contributed by atoms with Crippen molar-refractivity contribution in [3.63, 3.8) is 0 Å². The van der Waals surface area contributed by atoms with Crippen LogP contribution in [0.3, 0.4) is 0 Å². The van der Waals surface area contributed by atoms with Crippen LogP contribution in [0.2, 0.25) is 5.02 Å². The van der Waals surface area contributed by atoms with Crippen LogP contribution < -0.4 is 19.1 Å². The van der Waals surface area contributed by atoms with Crippen LogP contribution in [0.4, 0.5) is 5.69 Å². The van der Waals surface area contributed by atoms with Crippen molar-refractivity contribution in [2.75, 3.05) is 32.0 Å². The number of halogens is 1. The maximum atomic E-state index is 13.6. The lowest BCUT2D eigenvalue weighted by molar-refractivity contribution is 0.0982. The predicted molar refractivity (Wildman–Crippen MR) is 116 cm³/mol. The minimum atomic E-state index is -3.40. The van der Waals surface area contributed by atoms with E-state index in [0.717, 1.165) is 11.0 Å². The van der Waals surface area contributed by atoms with Gasteiger partial charge in [0, 0.05) is 21.7 Å². The van der Waals surface area contributed by atoms with Crippen LogP contribution in [-0.2, 0) is 9.84 Å². The molecule has 0 N–H and O–H groups in total. The number of methoxy groups -OCH3 is 3. The molecule has 2 aromatic carbocycles. The number of hydrogen-bond donors (Lipinski definition) is 0. The summed E-state index contributed by atoms with van der Waals surface area (Å²) in [5.41, 5.74) is 1.57. The molecule has 0 aliphatic carbocycles. The van der Waals surface area contributed by atoms with Gasteiger partial charge < -0.3 is 19.1 Å². The van der Waals surface area contributed by atoms with Crippen molar-refractivity contribution >= 4 is 33.0 Å². The average Bonchev–Trinajstić information content (AvgIpc) is 3.08. The van der Waals surface area contributed by atoms with Crippen molar-refractivity contribution < 1.29 is 27.4 Å². The molecule has 0 fully saturated rings. The summed E-state index contributed by atoms with van der Waals surface area (Å²) < 4.78 is 40.1. The number of benzene rings is 2. The highest BCUT2D eigenvalue weighted by Gasteiger charge is 2.33. The monoisotopic (exact) mass is 451 g/mol. The van der Waals surface area contributed by atoms with Gasteiger partial charge in [-0.05, 0) is 42.8 Å². The van der Waals surface area contributed by atoms with E-state index in [4.69, 9.17) is 25.8 Å². The van der Waals surface area contributed by atoms with Crippen LogP contribution >= 0.6 is 11.6 Å². The van der Waals surface area contributed by atoms with Gasteiger partial charge in [0.2, 0.25) is 5.75 Å². The van der Waals surface area contributed by atoms with Crippen LogP contribution in [0.1, 0.15) is 15.9 Å². The molecule has 9 heteroatoms. The van der Waals surface area contributed by atoms with Gasteiger partial charge in [0.1, 0.15) is 0 Å². The van der Waals surface area contributed by atoms with E-state index in [1.54, 1.807) is 18.2 Å². The molecule has 0 saturated heterocycles. The van der Waals surface area contributed by atoms with E-state index in [1.807, 2.05) is 6.92 Å². The van der Waals surface area contributed by atoms with Gasteiger partial charge in [0.25, 0.3) is 5.91 Å². The van der Waals surface area contributed by atoms with Crippen molar-refractivity contribution in [1.82, 2.24) is 0 Å². The van der Waals surface area contributed by atoms with Crippen LogP contribution in [0, 0.1) is 6.92 Å². The molecule has 0 bridgehead atoms. The summed E-state index contributed by atoms with van der Waals surface area (Å²) >= 11 is 6.28. The van der Waals surface area contributed by atoms with E-state index in [0.29, 0.717) is 28.0 Å². The van der Waals surface area contributed by atoms with Gasteiger partial charge in [-0.1, -0.05) is 17.7 Å². The third-order valence-corrected chi connectivity index (χ3v) is 6.59. The second-order valence-corrected chi connectivity index (χ2v) is 9.09. The molecule has 2 aromatic rings. The first-order valence-electron chi connectivity index (χ1n) is 9.01. The van der Waals surface area contributed by atoms with Crippen molar-refractivity contribution in [3.8, 4) is 17.2 Å². The SMILES string of the molecule is COc1cc(C(=O)N(c2ccc(C)c(Cl)c2)[C@@H]2C=CS(=O)(=O)C2)cc(OC)c1OC. The van der Waals surface area contributed by atoms with Crippen molar-refractivity contribution in [1.29, 1.82) is 0 Å². The highest BCUT2D eigenvalue weighted by molar-refractivity contribution is 7.94. The van der Waals surface area contributed by atoms with Gasteiger partial charge in [-0.25, -0.2) is 8.42 Å². The highest BCUT2D eigenvalue weighted by Crippen LogP contribution is 2.39. The molecule has 0 spiro atoms. The number of nitrogens with zero attached hydrogens (tertiary/aromatic N) is 1. The number of carbonyl (C=O) groups is 1. The van der Waals surface area contributed by atoms with Crippen molar-refractivity contribution in [2.24, 2.45) is 0 Å². The second kappa shape index (κ2) is 8.57. The molecule has 0 saturated carbocycles. The fraction of sp³-hybridized carbons (Fsp3) is 0.286. The van der Waals surface area contributed by atoms with Crippen molar-refractivity contribution in [3.05, 3.63) is 58.0 Å². The minimum Gasteiger partial charge on any atom is -0.493 e. The fourth-order valence-corrected chi connectivity index (χ4v) is 4.70. The number of aryl methyl sites for hydroxylation is 1. The van der Waals surface area contributed by atoms with E-state index in [2.05, 4.69) is 0 Å². The Balaban J connectivity index is 2.13. The smallest absolute Gasteiger partial charge is 0.259 e. The second-order valence-electron chi connectivity index (χ2n) is 6.75. The molecule has 1 heterocycles. The first-order chi connectivity index (χ1) is 14.2. The molecule has 3 rings (SSSR count). The molecule has 160 valence electrons. The average molecular weight is 452 g/mol. The zero-order valence-electron chi connectivity index (χ0n) is 17.0. The Hall–Kier alpha value is -2.71. The molecular weight excluding hydrogens is 430 g/mol. The number of ether oxygens (including phenoxy) is 3. The maximum Gasteiger partial charge on any atom is 0.259 e. The Morgan fingerprint density at radius 2 is 1.70 bits per heavy atom. The van der Waals surface area contributed by atoms with Gasteiger partial charge in [0.15, 0.2) is 21.3 Å². The van der Waals surface area contributed by atoms with Gasteiger partial charge in [0.05, 0.1) is 33.1 Å². The maximum absolute atomic E-state index is 13.6. The molecule has 30 heavy (non-hydrogen) atoms. The predicted octanol–water partition coefficient (Wildman–Crippen LogP) is 3.63. The summed E-state index contributed by atoms with van der Waals surface area (Å²) in [5.74, 6) is 0.341. The third-order valence-electron chi connectivity index (χ3n) is 4.81. The van der Waals surface area contributed by atoms with Crippen molar-refractivity contribution in [2.45, 2.75) is 13.0 Å². The molecule has 7 nitrogen and oxygen atoms in total. The molecule has 1 aliphatic rings. The van der Waals surface area contributed by atoms with E-state index in [1.165, 1.54) is 44.4 Å². The summed E-state index contributed by atoms with van der Waals surface area (Å²) in [6, 6.07) is 7.53. The van der Waals surface area contributed by atoms with E-state index in [-0.39, 0.29) is 11.3 Å². The van der Waals surface area contributed by atoms with Crippen LogP contribution in [0.5, 0.6) is 17.2 Å². The van der Waals surface area contributed by atoms with E-state index < -0.39 is 21.8 Å². The Labute approximate surface area is 180 Å². The standard InChI is InChI=1S/C21H22ClNO6S/c1-13-5-6-15(11-17(13)22)23(16-7-8-30(25,26)12-16)21(24)14-9-18(27-2)20(29-4)19(10-14)28-3/h5-11,16H,12H2,1-4H3/t16-/m1/s1. The minimum absolute atomic E-state index is 0.214. The van der Waals surface area contributed by atoms with Gasteiger partial charge in [-0.2, -0.15) is 0 Å². The Morgan fingerprint density at radius 3 is 2.17 bits per heavy atom. The zero-order chi connectivity index (χ0) is 22.1. The van der Waals surface area contributed by atoms with E-state index >= 15 is 0 Å². The first-order valence-corrected chi connectivity index (χ1v) is 11.1.